The van der Waals surface area contributed by atoms with E-state index in [1.165, 1.54) is 11.1 Å². The van der Waals surface area contributed by atoms with Crippen LogP contribution in [-0.4, -0.2) is 21.0 Å². The fourth-order valence-electron chi connectivity index (χ4n) is 3.01. The summed E-state index contributed by atoms with van der Waals surface area (Å²) >= 11 is 1.67. The highest BCUT2D eigenvalue weighted by Gasteiger charge is 2.13. The van der Waals surface area contributed by atoms with Crippen LogP contribution in [0.4, 0.5) is 5.95 Å². The molecule has 0 aliphatic heterocycles. The highest BCUT2D eigenvalue weighted by Crippen LogP contribution is 2.35. The van der Waals surface area contributed by atoms with E-state index in [1.54, 1.807) is 17.5 Å². The lowest BCUT2D eigenvalue weighted by Gasteiger charge is -2.08. The second-order valence-corrected chi connectivity index (χ2v) is 7.94. The molecular formula is C23H22N4S. The van der Waals surface area contributed by atoms with Crippen molar-refractivity contribution in [3.63, 3.8) is 0 Å². The van der Waals surface area contributed by atoms with Crippen LogP contribution >= 0.6 is 11.3 Å². The molecule has 0 spiro atoms. The van der Waals surface area contributed by atoms with E-state index in [4.69, 9.17) is 4.98 Å². The lowest BCUT2D eigenvalue weighted by atomic mass is 10.0. The van der Waals surface area contributed by atoms with Gasteiger partial charge in [-0.05, 0) is 38.0 Å². The summed E-state index contributed by atoms with van der Waals surface area (Å²) in [6.45, 7) is 6.18. The molecule has 0 atom stereocenters. The summed E-state index contributed by atoms with van der Waals surface area (Å²) in [6.07, 6.45) is 1.79. The minimum Gasteiger partial charge on any atom is -0.352 e. The topological polar surface area (TPSA) is 50.7 Å². The van der Waals surface area contributed by atoms with Gasteiger partial charge in [-0.1, -0.05) is 54.6 Å². The van der Waals surface area contributed by atoms with Gasteiger partial charge in [0.05, 0.1) is 16.3 Å². The fraction of sp³-hybridized carbons (Fsp3) is 0.174. The molecule has 2 aromatic heterocycles. The van der Waals surface area contributed by atoms with Gasteiger partial charge in [0.25, 0.3) is 0 Å². The molecule has 140 valence electrons. The van der Waals surface area contributed by atoms with Gasteiger partial charge in [0, 0.05) is 17.8 Å². The van der Waals surface area contributed by atoms with Crippen molar-refractivity contribution in [2.24, 2.45) is 0 Å². The van der Waals surface area contributed by atoms with Gasteiger partial charge in [0.2, 0.25) is 5.95 Å². The molecule has 4 nitrogen and oxygen atoms in total. The Bertz CT molecular complexity index is 1070. The molecule has 2 aromatic carbocycles. The quantitative estimate of drug-likeness (QED) is 0.453. The first kappa shape index (κ1) is 18.3. The van der Waals surface area contributed by atoms with Gasteiger partial charge in [0.1, 0.15) is 5.01 Å². The van der Waals surface area contributed by atoms with E-state index in [9.17, 15) is 0 Å². The van der Waals surface area contributed by atoms with Crippen LogP contribution < -0.4 is 5.32 Å². The Morgan fingerprint density at radius 2 is 1.50 bits per heavy atom. The molecule has 0 amide bonds. The first-order chi connectivity index (χ1) is 13.6. The molecule has 28 heavy (non-hydrogen) atoms. The zero-order chi connectivity index (χ0) is 19.5. The number of thiazole rings is 1. The second kappa shape index (κ2) is 7.90. The number of nitrogens with one attached hydrogen (secondary N) is 1. The smallest absolute Gasteiger partial charge is 0.223 e. The van der Waals surface area contributed by atoms with E-state index in [0.29, 0.717) is 5.95 Å². The van der Waals surface area contributed by atoms with Gasteiger partial charge in [-0.2, -0.15) is 0 Å². The Labute approximate surface area is 169 Å². The highest BCUT2D eigenvalue weighted by atomic mass is 32.1. The number of benzene rings is 2. The summed E-state index contributed by atoms with van der Waals surface area (Å²) in [5.74, 6) is 0.647. The number of aromatic nitrogens is 3. The van der Waals surface area contributed by atoms with Crippen molar-refractivity contribution in [3.05, 3.63) is 72.6 Å². The highest BCUT2D eigenvalue weighted by molar-refractivity contribution is 7.18. The third-order valence-corrected chi connectivity index (χ3v) is 5.57. The summed E-state index contributed by atoms with van der Waals surface area (Å²) in [4.78, 5) is 14.8. The third-order valence-electron chi connectivity index (χ3n) is 4.34. The van der Waals surface area contributed by atoms with Crippen molar-refractivity contribution < 1.29 is 0 Å². The van der Waals surface area contributed by atoms with E-state index in [-0.39, 0.29) is 6.04 Å². The fourth-order valence-corrected chi connectivity index (χ4v) is 4.05. The van der Waals surface area contributed by atoms with Crippen molar-refractivity contribution >= 4 is 17.3 Å². The molecule has 4 rings (SSSR count). The Balaban J connectivity index is 1.63. The van der Waals surface area contributed by atoms with E-state index in [1.807, 2.05) is 19.1 Å². The van der Waals surface area contributed by atoms with E-state index < -0.39 is 0 Å². The van der Waals surface area contributed by atoms with Crippen LogP contribution in [0.15, 0.2) is 66.9 Å². The van der Waals surface area contributed by atoms with Crippen molar-refractivity contribution in [3.8, 4) is 32.3 Å². The first-order valence-corrected chi connectivity index (χ1v) is 10.1. The van der Waals surface area contributed by atoms with Crippen LogP contribution in [0.5, 0.6) is 0 Å². The molecular weight excluding hydrogens is 364 g/mol. The number of nitrogens with zero attached hydrogens (tertiary/aromatic N) is 3. The van der Waals surface area contributed by atoms with Gasteiger partial charge in [-0.15, -0.1) is 11.3 Å². The Hall–Kier alpha value is -3.05. The zero-order valence-corrected chi connectivity index (χ0v) is 17.0. The lowest BCUT2D eigenvalue weighted by molar-refractivity contribution is 0.875. The van der Waals surface area contributed by atoms with Crippen LogP contribution in [0.1, 0.15) is 19.5 Å². The van der Waals surface area contributed by atoms with Gasteiger partial charge in [-0.3, -0.25) is 0 Å². The maximum absolute atomic E-state index is 4.79. The van der Waals surface area contributed by atoms with E-state index in [0.717, 1.165) is 26.8 Å². The van der Waals surface area contributed by atoms with Crippen molar-refractivity contribution in [2.75, 3.05) is 5.32 Å². The second-order valence-electron chi connectivity index (χ2n) is 6.94. The molecule has 1 N–H and O–H groups in total. The SMILES string of the molecule is Cc1nc(-c2ccc(-c3ccccc3)cc2)sc1-c1ccnc(NC(C)C)n1. The molecule has 0 bridgehead atoms. The Kier molecular flexibility index (Phi) is 5.17. The molecule has 0 fully saturated rings. The van der Waals surface area contributed by atoms with Crippen LogP contribution in [0, 0.1) is 6.92 Å². The molecule has 4 aromatic rings. The minimum absolute atomic E-state index is 0.288. The number of aryl methyl sites for hydroxylation is 1. The average molecular weight is 387 g/mol. The van der Waals surface area contributed by atoms with Gasteiger partial charge >= 0.3 is 0 Å². The van der Waals surface area contributed by atoms with Crippen LogP contribution in [0.2, 0.25) is 0 Å². The number of rotatable bonds is 5. The van der Waals surface area contributed by atoms with Crippen molar-refractivity contribution in [1.82, 2.24) is 15.0 Å². The van der Waals surface area contributed by atoms with Gasteiger partial charge < -0.3 is 5.32 Å². The molecule has 2 heterocycles. The number of hydrogen-bond acceptors (Lipinski definition) is 5. The molecule has 0 aliphatic rings. The predicted octanol–water partition coefficient (Wildman–Crippen LogP) is 6.06. The van der Waals surface area contributed by atoms with Gasteiger partial charge in [-0.25, -0.2) is 15.0 Å². The summed E-state index contributed by atoms with van der Waals surface area (Å²) in [6, 6.07) is 21.2. The normalized spacial score (nSPS) is 11.0. The summed E-state index contributed by atoms with van der Waals surface area (Å²) < 4.78 is 0. The van der Waals surface area contributed by atoms with Crippen molar-refractivity contribution in [1.29, 1.82) is 0 Å². The molecule has 0 saturated carbocycles. The monoisotopic (exact) mass is 386 g/mol. The predicted molar refractivity (Wildman–Crippen MR) is 118 cm³/mol. The average Bonchev–Trinajstić information content (AvgIpc) is 3.10. The van der Waals surface area contributed by atoms with Crippen molar-refractivity contribution in [2.45, 2.75) is 26.8 Å². The van der Waals surface area contributed by atoms with Crippen LogP contribution in [0.3, 0.4) is 0 Å². The largest absolute Gasteiger partial charge is 0.352 e. The Morgan fingerprint density at radius 3 is 2.21 bits per heavy atom. The molecule has 5 heteroatoms. The van der Waals surface area contributed by atoms with Crippen LogP contribution in [0.25, 0.3) is 32.3 Å². The van der Waals surface area contributed by atoms with E-state index in [2.05, 4.69) is 77.7 Å². The lowest BCUT2D eigenvalue weighted by Crippen LogP contribution is -2.12. The zero-order valence-electron chi connectivity index (χ0n) is 16.2. The van der Waals surface area contributed by atoms with Gasteiger partial charge in [0.15, 0.2) is 0 Å². The number of anilines is 1. The summed E-state index contributed by atoms with van der Waals surface area (Å²) in [5.41, 5.74) is 5.43. The number of hydrogen-bond donors (Lipinski definition) is 1. The summed E-state index contributed by atoms with van der Waals surface area (Å²) in [7, 11) is 0. The molecule has 0 unspecified atom stereocenters. The molecule has 0 aliphatic carbocycles. The molecule has 0 radical (unpaired) electrons. The minimum atomic E-state index is 0.288. The summed E-state index contributed by atoms with van der Waals surface area (Å²) in [5, 5.41) is 4.26. The van der Waals surface area contributed by atoms with E-state index >= 15 is 0 Å². The molecule has 0 saturated heterocycles. The Morgan fingerprint density at radius 1 is 0.821 bits per heavy atom. The standard InChI is InChI=1S/C23H22N4S/c1-15(2)25-23-24-14-13-20(27-23)21-16(3)26-22(28-21)19-11-9-18(10-12-19)17-7-5-4-6-8-17/h4-15H,1-3H3,(H,24,25,27). The maximum atomic E-state index is 4.79. The first-order valence-electron chi connectivity index (χ1n) is 9.33. The van der Waals surface area contributed by atoms with Crippen LogP contribution in [-0.2, 0) is 0 Å². The third kappa shape index (κ3) is 3.94. The maximum Gasteiger partial charge on any atom is 0.223 e.